The zero-order valence-corrected chi connectivity index (χ0v) is 12.8. The summed E-state index contributed by atoms with van der Waals surface area (Å²) >= 11 is 0. The maximum absolute atomic E-state index is 12.5. The van der Waals surface area contributed by atoms with Gasteiger partial charge in [0.15, 0.2) is 0 Å². The first kappa shape index (κ1) is 15.0. The molecule has 0 bridgehead atoms. The molecular formula is C16H20N4O. The van der Waals surface area contributed by atoms with Gasteiger partial charge in [-0.05, 0) is 37.3 Å². The highest BCUT2D eigenvalue weighted by atomic mass is 16.2. The smallest absolute Gasteiger partial charge is 0.254 e. The minimum atomic E-state index is -0.103. The minimum absolute atomic E-state index is 0.0218. The number of carbonyl (C=O) groups is 1. The Hall–Kier alpha value is -2.43. The topological polar surface area (TPSA) is 49.3 Å². The van der Waals surface area contributed by atoms with Crippen LogP contribution in [0, 0.1) is 0 Å². The highest BCUT2D eigenvalue weighted by Gasteiger charge is 2.19. The molecule has 0 saturated carbocycles. The first-order valence-corrected chi connectivity index (χ1v) is 6.81. The van der Waals surface area contributed by atoms with Gasteiger partial charge in [0, 0.05) is 38.6 Å². The van der Waals surface area contributed by atoms with E-state index >= 15 is 0 Å². The van der Waals surface area contributed by atoms with Gasteiger partial charge in [0.2, 0.25) is 0 Å². The molecule has 0 aliphatic heterocycles. The van der Waals surface area contributed by atoms with Crippen LogP contribution < -0.4 is 4.90 Å². The van der Waals surface area contributed by atoms with Crippen molar-refractivity contribution < 1.29 is 4.79 Å². The van der Waals surface area contributed by atoms with E-state index in [1.54, 1.807) is 18.1 Å². The monoisotopic (exact) mass is 284 g/mol. The molecule has 0 aliphatic rings. The average molecular weight is 284 g/mol. The molecule has 1 unspecified atom stereocenters. The third-order valence-electron chi connectivity index (χ3n) is 3.56. The van der Waals surface area contributed by atoms with Crippen LogP contribution in [0.25, 0.3) is 0 Å². The van der Waals surface area contributed by atoms with Gasteiger partial charge in [-0.2, -0.15) is 0 Å². The number of aromatic nitrogens is 2. The van der Waals surface area contributed by atoms with Crippen LogP contribution >= 0.6 is 0 Å². The van der Waals surface area contributed by atoms with Crippen LogP contribution in [0.4, 0.5) is 5.69 Å². The lowest BCUT2D eigenvalue weighted by molar-refractivity contribution is 0.0739. The van der Waals surface area contributed by atoms with Crippen LogP contribution in [0.1, 0.15) is 29.0 Å². The summed E-state index contributed by atoms with van der Waals surface area (Å²) in [5.41, 5.74) is 2.56. The molecule has 1 atom stereocenters. The lowest BCUT2D eigenvalue weighted by Gasteiger charge is -2.24. The van der Waals surface area contributed by atoms with Gasteiger partial charge < -0.3 is 9.80 Å². The maximum Gasteiger partial charge on any atom is 0.254 e. The summed E-state index contributed by atoms with van der Waals surface area (Å²) in [5, 5.41) is 0. The molecule has 0 radical (unpaired) electrons. The lowest BCUT2D eigenvalue weighted by atomic mass is 10.1. The fourth-order valence-corrected chi connectivity index (χ4v) is 2.03. The van der Waals surface area contributed by atoms with Gasteiger partial charge in [-0.3, -0.25) is 4.79 Å². The molecule has 1 heterocycles. The van der Waals surface area contributed by atoms with Gasteiger partial charge >= 0.3 is 0 Å². The summed E-state index contributed by atoms with van der Waals surface area (Å²) in [4.78, 5) is 24.3. The van der Waals surface area contributed by atoms with Crippen molar-refractivity contribution in [3.05, 3.63) is 54.1 Å². The Morgan fingerprint density at radius 2 is 1.76 bits per heavy atom. The van der Waals surface area contributed by atoms with Gasteiger partial charge in [0.25, 0.3) is 5.91 Å². The number of nitrogens with zero attached hydrogens (tertiary/aromatic N) is 4. The molecule has 0 saturated heterocycles. The summed E-state index contributed by atoms with van der Waals surface area (Å²) < 4.78 is 0. The summed E-state index contributed by atoms with van der Waals surface area (Å²) in [7, 11) is 5.73. The Balaban J connectivity index is 2.15. The molecule has 1 amide bonds. The summed E-state index contributed by atoms with van der Waals surface area (Å²) in [5.74, 6) is -0.0218. The van der Waals surface area contributed by atoms with Crippen molar-refractivity contribution in [2.24, 2.45) is 0 Å². The number of amides is 1. The Morgan fingerprint density at radius 3 is 2.29 bits per heavy atom. The summed E-state index contributed by atoms with van der Waals surface area (Å²) in [6, 6.07) is 9.30. The normalized spacial score (nSPS) is 11.8. The number of carbonyl (C=O) groups excluding carboxylic acids is 1. The van der Waals surface area contributed by atoms with Crippen molar-refractivity contribution in [3.8, 4) is 0 Å². The molecular weight excluding hydrogens is 264 g/mol. The van der Waals surface area contributed by atoms with E-state index in [-0.39, 0.29) is 11.9 Å². The molecule has 5 heteroatoms. The predicted octanol–water partition coefficient (Wildman–Crippen LogP) is 2.38. The molecule has 110 valence electrons. The number of hydrogen-bond donors (Lipinski definition) is 0. The van der Waals surface area contributed by atoms with Crippen molar-refractivity contribution in [3.63, 3.8) is 0 Å². The zero-order chi connectivity index (χ0) is 15.4. The van der Waals surface area contributed by atoms with E-state index < -0.39 is 0 Å². The van der Waals surface area contributed by atoms with Crippen molar-refractivity contribution in [2.75, 3.05) is 26.0 Å². The first-order valence-electron chi connectivity index (χ1n) is 6.81. The van der Waals surface area contributed by atoms with Crippen LogP contribution in [0.15, 0.2) is 42.9 Å². The third-order valence-corrected chi connectivity index (χ3v) is 3.56. The molecule has 5 nitrogen and oxygen atoms in total. The second-order valence-electron chi connectivity index (χ2n) is 5.17. The van der Waals surface area contributed by atoms with Crippen LogP contribution in [0.2, 0.25) is 0 Å². The highest BCUT2D eigenvalue weighted by Crippen LogP contribution is 2.19. The van der Waals surface area contributed by atoms with E-state index in [0.29, 0.717) is 5.56 Å². The van der Waals surface area contributed by atoms with E-state index in [9.17, 15) is 4.79 Å². The third kappa shape index (κ3) is 3.37. The summed E-state index contributed by atoms with van der Waals surface area (Å²) in [6.07, 6.45) is 3.18. The Morgan fingerprint density at radius 1 is 1.10 bits per heavy atom. The van der Waals surface area contributed by atoms with Crippen LogP contribution in [-0.2, 0) is 0 Å². The maximum atomic E-state index is 12.5. The van der Waals surface area contributed by atoms with E-state index in [1.165, 1.54) is 6.33 Å². The Kier molecular flexibility index (Phi) is 4.52. The summed E-state index contributed by atoms with van der Waals surface area (Å²) in [6.45, 7) is 1.95. The van der Waals surface area contributed by atoms with E-state index in [1.807, 2.05) is 56.3 Å². The zero-order valence-electron chi connectivity index (χ0n) is 12.8. The molecule has 0 aliphatic carbocycles. The van der Waals surface area contributed by atoms with Crippen LogP contribution in [0.5, 0.6) is 0 Å². The molecule has 0 spiro atoms. The SMILES string of the molecule is CC(c1ccncn1)N(C)C(=O)c1ccc(N(C)C)cc1. The average Bonchev–Trinajstić information content (AvgIpc) is 2.53. The van der Waals surface area contributed by atoms with Crippen molar-refractivity contribution in [2.45, 2.75) is 13.0 Å². The van der Waals surface area contributed by atoms with Gasteiger partial charge in [0.05, 0.1) is 11.7 Å². The fraction of sp³-hybridized carbons (Fsp3) is 0.312. The quantitative estimate of drug-likeness (QED) is 0.865. The molecule has 2 rings (SSSR count). The number of benzene rings is 1. The Labute approximate surface area is 125 Å². The van der Waals surface area contributed by atoms with E-state index in [2.05, 4.69) is 9.97 Å². The molecule has 0 N–H and O–H groups in total. The van der Waals surface area contributed by atoms with Gasteiger partial charge in [-0.1, -0.05) is 0 Å². The van der Waals surface area contributed by atoms with E-state index in [0.717, 1.165) is 11.4 Å². The lowest BCUT2D eigenvalue weighted by Crippen LogP contribution is -2.30. The first-order chi connectivity index (χ1) is 10.0. The molecule has 1 aromatic carbocycles. The fourth-order valence-electron chi connectivity index (χ4n) is 2.03. The number of hydrogen-bond acceptors (Lipinski definition) is 4. The van der Waals surface area contributed by atoms with Gasteiger partial charge in [-0.25, -0.2) is 9.97 Å². The highest BCUT2D eigenvalue weighted by molar-refractivity contribution is 5.94. The number of rotatable bonds is 4. The van der Waals surface area contributed by atoms with Gasteiger partial charge in [-0.15, -0.1) is 0 Å². The number of anilines is 1. The minimum Gasteiger partial charge on any atom is -0.378 e. The molecule has 1 aromatic heterocycles. The second-order valence-corrected chi connectivity index (χ2v) is 5.17. The van der Waals surface area contributed by atoms with E-state index in [4.69, 9.17) is 0 Å². The largest absolute Gasteiger partial charge is 0.378 e. The molecule has 21 heavy (non-hydrogen) atoms. The predicted molar refractivity (Wildman–Crippen MR) is 83.3 cm³/mol. The standard InChI is InChI=1S/C16H20N4O/c1-12(15-9-10-17-11-18-15)20(4)16(21)13-5-7-14(8-6-13)19(2)3/h5-12H,1-4H3. The van der Waals surface area contributed by atoms with Crippen molar-refractivity contribution in [1.82, 2.24) is 14.9 Å². The van der Waals surface area contributed by atoms with Crippen LogP contribution in [-0.4, -0.2) is 41.9 Å². The van der Waals surface area contributed by atoms with Crippen molar-refractivity contribution >= 4 is 11.6 Å². The molecule has 2 aromatic rings. The van der Waals surface area contributed by atoms with Crippen LogP contribution in [0.3, 0.4) is 0 Å². The van der Waals surface area contributed by atoms with Crippen molar-refractivity contribution in [1.29, 1.82) is 0 Å². The van der Waals surface area contributed by atoms with Gasteiger partial charge in [0.1, 0.15) is 6.33 Å². The second kappa shape index (κ2) is 6.35. The molecule has 0 fully saturated rings. The Bertz CT molecular complexity index is 595.